The summed E-state index contributed by atoms with van der Waals surface area (Å²) >= 11 is 0. The lowest BCUT2D eigenvalue weighted by molar-refractivity contribution is 0.0450. The van der Waals surface area contributed by atoms with Crippen LogP contribution in [0.2, 0.25) is 0 Å². The van der Waals surface area contributed by atoms with Gasteiger partial charge in [-0.25, -0.2) is 0 Å². The maximum atomic E-state index is 11.2. The van der Waals surface area contributed by atoms with Crippen LogP contribution in [0, 0.1) is 0 Å². The van der Waals surface area contributed by atoms with E-state index < -0.39 is 28.2 Å². The molecule has 6 N–H and O–H groups in total. The maximum Gasteiger partial charge on any atom is 0.205 e. The smallest absolute Gasteiger partial charge is 0.205 e. The molecular weight excluding hydrogens is 489 g/mol. The average molecular weight is 543 g/mol. The Labute approximate surface area is 202 Å². The van der Waals surface area contributed by atoms with Crippen LogP contribution >= 0.6 is 22.1 Å². The van der Waals surface area contributed by atoms with Crippen molar-refractivity contribution in [1.29, 1.82) is 0 Å². The second kappa shape index (κ2) is 18.7. The molecule has 33 heavy (non-hydrogen) atoms. The minimum atomic E-state index is -2.84. The van der Waals surface area contributed by atoms with Gasteiger partial charge in [0.15, 0.2) is 0 Å². The highest BCUT2D eigenvalue weighted by Gasteiger charge is 2.27. The van der Waals surface area contributed by atoms with Crippen LogP contribution < -0.4 is 0 Å². The van der Waals surface area contributed by atoms with E-state index in [1.54, 1.807) is 83.1 Å². The third-order valence-corrected chi connectivity index (χ3v) is 13.7. The van der Waals surface area contributed by atoms with Gasteiger partial charge in [0.05, 0.1) is 13.2 Å². The molecule has 0 aliphatic heterocycles. The summed E-state index contributed by atoms with van der Waals surface area (Å²) < 4.78 is 33.5. The third kappa shape index (κ3) is 18.4. The first kappa shape index (κ1) is 40.6. The molecule has 0 atom stereocenters. The monoisotopic (exact) mass is 542 g/mol. The van der Waals surface area contributed by atoms with Gasteiger partial charge in [-0.3, -0.25) is 13.7 Å². The zero-order chi connectivity index (χ0) is 28.0. The van der Waals surface area contributed by atoms with Gasteiger partial charge in [-0.2, -0.15) is 0 Å². The van der Waals surface area contributed by atoms with Crippen molar-refractivity contribution in [1.82, 2.24) is 0 Å². The Kier molecular flexibility index (Phi) is 23.0. The van der Waals surface area contributed by atoms with Gasteiger partial charge in [-0.1, -0.05) is 83.1 Å². The van der Waals surface area contributed by atoms with Crippen LogP contribution in [0.4, 0.5) is 0 Å². The lowest BCUT2D eigenvalue weighted by atomic mass is 10.4. The van der Waals surface area contributed by atoms with E-state index in [2.05, 4.69) is 0 Å². The number of aliphatic hydroxyl groups excluding tert-OH is 3. The quantitative estimate of drug-likeness (QED) is 0.241. The van der Waals surface area contributed by atoms with E-state index in [-0.39, 0.29) is 47.2 Å². The highest BCUT2D eigenvalue weighted by atomic mass is 31.2. The van der Waals surface area contributed by atoms with Gasteiger partial charge in [0.2, 0.25) is 22.1 Å². The van der Waals surface area contributed by atoms with E-state index in [1.165, 1.54) is 0 Å². The molecule has 0 rings (SSSR count). The predicted molar refractivity (Wildman–Crippen MR) is 140 cm³/mol. The maximum absolute atomic E-state index is 11.2. The SMILES string of the molecule is CC(C)P(=O)(O)C(C)C.CC(C)P(=O)(O)C(C)C.CC(C)P(=O)(O)C(C)C.OCC(O)CO. The molecular formula is C21H53O9P3. The Morgan fingerprint density at radius 1 is 0.455 bits per heavy atom. The van der Waals surface area contributed by atoms with Crippen LogP contribution in [0.25, 0.3) is 0 Å². The van der Waals surface area contributed by atoms with Crippen molar-refractivity contribution in [2.24, 2.45) is 0 Å². The Bertz CT molecular complexity index is 502. The van der Waals surface area contributed by atoms with Crippen molar-refractivity contribution >= 4 is 22.1 Å². The summed E-state index contributed by atoms with van der Waals surface area (Å²) in [6.45, 7) is 20.6. The molecule has 12 heteroatoms. The molecule has 0 aromatic rings. The highest BCUT2D eigenvalue weighted by molar-refractivity contribution is 7.60. The summed E-state index contributed by atoms with van der Waals surface area (Å²) in [6, 6.07) is 0. The molecule has 9 nitrogen and oxygen atoms in total. The van der Waals surface area contributed by atoms with Crippen molar-refractivity contribution < 1.29 is 43.7 Å². The zero-order valence-corrected chi connectivity index (χ0v) is 25.4. The second-order valence-electron chi connectivity index (χ2n) is 9.60. The van der Waals surface area contributed by atoms with Crippen LogP contribution in [0.5, 0.6) is 0 Å². The van der Waals surface area contributed by atoms with Crippen molar-refractivity contribution in [3.63, 3.8) is 0 Å². The molecule has 0 aliphatic carbocycles. The average Bonchev–Trinajstić information content (AvgIpc) is 2.67. The van der Waals surface area contributed by atoms with Gasteiger partial charge < -0.3 is 30.0 Å². The van der Waals surface area contributed by atoms with Crippen LogP contribution in [-0.4, -0.2) is 83.3 Å². The van der Waals surface area contributed by atoms with Gasteiger partial charge in [0, 0.05) is 34.0 Å². The standard InChI is InChI=1S/3C6H15O2P.C3H8O3/c3*1-5(2)9(7,8)6(3)4;4-1-3(6)2-5/h3*5-6H,1-4H3,(H,7,8);3-6H,1-2H2. The Morgan fingerprint density at radius 3 is 0.576 bits per heavy atom. The predicted octanol–water partition coefficient (Wildman–Crippen LogP) is 4.55. The van der Waals surface area contributed by atoms with Crippen molar-refractivity contribution in [3.8, 4) is 0 Å². The Morgan fingerprint density at radius 2 is 0.576 bits per heavy atom. The third-order valence-electron chi connectivity index (χ3n) is 4.86. The van der Waals surface area contributed by atoms with Gasteiger partial charge in [-0.05, 0) is 0 Å². The first-order valence-electron chi connectivity index (χ1n) is 11.3. The lowest BCUT2D eigenvalue weighted by Gasteiger charge is -2.18. The Balaban J connectivity index is -0.000000172. The number of rotatable bonds is 8. The Hall–Kier alpha value is 0.450. The second-order valence-corrected chi connectivity index (χ2v) is 19.8. The largest absolute Gasteiger partial charge is 0.394 e. The minimum Gasteiger partial charge on any atom is -0.394 e. The summed E-state index contributed by atoms with van der Waals surface area (Å²) in [5.74, 6) is 0. The zero-order valence-electron chi connectivity index (χ0n) is 22.7. The molecule has 0 aliphatic rings. The topological polar surface area (TPSA) is 173 Å². The van der Waals surface area contributed by atoms with Gasteiger partial charge in [-0.15, -0.1) is 0 Å². The molecule has 0 fully saturated rings. The van der Waals surface area contributed by atoms with Gasteiger partial charge >= 0.3 is 0 Å². The number of hydrogen-bond donors (Lipinski definition) is 6. The summed E-state index contributed by atoms with van der Waals surface area (Å²) in [7, 11) is -8.51. The van der Waals surface area contributed by atoms with Crippen LogP contribution in [0.1, 0.15) is 83.1 Å². The van der Waals surface area contributed by atoms with E-state index in [9.17, 15) is 28.4 Å². The summed E-state index contributed by atoms with van der Waals surface area (Å²) in [6.07, 6.45) is -0.954. The lowest BCUT2D eigenvalue weighted by Crippen LogP contribution is -2.15. The first-order valence-corrected chi connectivity index (χ1v) is 16.7. The molecule has 0 heterocycles. The van der Waals surface area contributed by atoms with Crippen LogP contribution in [0.15, 0.2) is 0 Å². The molecule has 0 unspecified atom stereocenters. The van der Waals surface area contributed by atoms with Crippen LogP contribution in [0.3, 0.4) is 0 Å². The molecule has 0 saturated carbocycles. The molecule has 0 aromatic heterocycles. The van der Waals surface area contributed by atoms with Crippen molar-refractivity contribution in [2.45, 2.75) is 123 Å². The molecule has 0 amide bonds. The molecule has 0 radical (unpaired) electrons. The molecule has 206 valence electrons. The first-order chi connectivity index (χ1) is 14.5. The van der Waals surface area contributed by atoms with E-state index >= 15 is 0 Å². The summed E-state index contributed by atoms with van der Waals surface area (Å²) in [5, 5.41) is 24.0. The molecule has 0 bridgehead atoms. The number of hydrogen-bond acceptors (Lipinski definition) is 6. The fourth-order valence-corrected chi connectivity index (χ4v) is 5.42. The van der Waals surface area contributed by atoms with Crippen molar-refractivity contribution in [2.75, 3.05) is 13.2 Å². The molecule has 0 aromatic carbocycles. The summed E-state index contributed by atoms with van der Waals surface area (Å²) in [5.41, 5.74) is -0.597. The van der Waals surface area contributed by atoms with Gasteiger partial charge in [0.1, 0.15) is 6.10 Å². The van der Waals surface area contributed by atoms with E-state index in [0.717, 1.165) is 0 Å². The van der Waals surface area contributed by atoms with Crippen molar-refractivity contribution in [3.05, 3.63) is 0 Å². The molecule has 0 saturated heterocycles. The van der Waals surface area contributed by atoms with E-state index in [0.29, 0.717) is 0 Å². The fourth-order valence-electron chi connectivity index (χ4n) is 1.85. The number of aliphatic hydroxyl groups is 3. The van der Waals surface area contributed by atoms with Crippen LogP contribution in [-0.2, 0) is 13.7 Å². The fraction of sp³-hybridized carbons (Fsp3) is 1.00. The normalized spacial score (nSPS) is 12.6. The van der Waals surface area contributed by atoms with Gasteiger partial charge in [0.25, 0.3) is 0 Å². The minimum absolute atomic E-state index is 0.0995. The molecule has 0 spiro atoms. The summed E-state index contributed by atoms with van der Waals surface area (Å²) in [4.78, 5) is 27.7. The highest BCUT2D eigenvalue weighted by Crippen LogP contribution is 2.51. The van der Waals surface area contributed by atoms with E-state index in [1.807, 2.05) is 0 Å². The van der Waals surface area contributed by atoms with E-state index in [4.69, 9.17) is 15.3 Å².